The Bertz CT molecular complexity index is 1900. The van der Waals surface area contributed by atoms with Crippen molar-refractivity contribution in [2.75, 3.05) is 6.61 Å². The zero-order valence-electron chi connectivity index (χ0n) is 35.5. The van der Waals surface area contributed by atoms with E-state index >= 15 is 0 Å². The molecule has 9 atom stereocenters. The maximum Gasteiger partial charge on any atom is 0.326 e. The van der Waals surface area contributed by atoms with E-state index in [9.17, 15) is 58.5 Å². The van der Waals surface area contributed by atoms with Gasteiger partial charge in [0.25, 0.3) is 0 Å². The molecule has 0 spiro atoms. The second kappa shape index (κ2) is 26.0. The fourth-order valence-corrected chi connectivity index (χ4v) is 6.12. The zero-order chi connectivity index (χ0) is 47.4. The molecule has 0 aliphatic carbocycles. The Balaban J connectivity index is 2.49. The minimum Gasteiger partial charge on any atom is -0.508 e. The number of aliphatic hydroxyl groups excluding tert-OH is 1. The Labute approximate surface area is 364 Å². The number of carboxylic acids is 3. The van der Waals surface area contributed by atoms with Crippen LogP contribution in [0.5, 0.6) is 5.75 Å². The molecule has 21 heteroatoms. The summed E-state index contributed by atoms with van der Waals surface area (Å²) in [5.74, 6) is -11.0. The molecule has 63 heavy (non-hydrogen) atoms. The first-order chi connectivity index (χ1) is 29.7. The molecule has 2 aromatic rings. The van der Waals surface area contributed by atoms with Gasteiger partial charge in [0.15, 0.2) is 0 Å². The number of benzene rings is 2. The first-order valence-electron chi connectivity index (χ1n) is 20.4. The molecule has 0 heterocycles. The molecule has 0 bridgehead atoms. The molecule has 6 amide bonds. The van der Waals surface area contributed by atoms with E-state index in [-0.39, 0.29) is 18.6 Å². The van der Waals surface area contributed by atoms with Gasteiger partial charge in [-0.3, -0.25) is 38.4 Å². The summed E-state index contributed by atoms with van der Waals surface area (Å²) in [6.07, 6.45) is -1.43. The molecule has 21 nitrogen and oxygen atoms in total. The molecule has 0 aliphatic rings. The van der Waals surface area contributed by atoms with Gasteiger partial charge in [0.2, 0.25) is 35.4 Å². The molecule has 2 rings (SSSR count). The fraction of sp³-hybridized carbons (Fsp3) is 0.500. The average molecular weight is 886 g/mol. The van der Waals surface area contributed by atoms with E-state index in [1.54, 1.807) is 58.0 Å². The van der Waals surface area contributed by atoms with Crippen molar-refractivity contribution < 1.29 is 68.7 Å². The van der Waals surface area contributed by atoms with Gasteiger partial charge in [0, 0.05) is 19.3 Å². The van der Waals surface area contributed by atoms with Crippen LogP contribution in [0, 0.1) is 11.8 Å². The third-order valence-corrected chi connectivity index (χ3v) is 10.3. The highest BCUT2D eigenvalue weighted by Crippen LogP contribution is 2.16. The number of amides is 6. The van der Waals surface area contributed by atoms with E-state index in [2.05, 4.69) is 31.9 Å². The number of carboxylic acid groups (broad SMARTS) is 3. The number of hydrogen-bond donors (Lipinski definition) is 12. The molecule has 0 radical (unpaired) electrons. The second-order valence-corrected chi connectivity index (χ2v) is 15.2. The molecule has 0 unspecified atom stereocenters. The van der Waals surface area contributed by atoms with Gasteiger partial charge in [-0.15, -0.1) is 0 Å². The van der Waals surface area contributed by atoms with Gasteiger partial charge < -0.3 is 63.2 Å². The number of hydrogen-bond acceptors (Lipinski definition) is 12. The number of carbonyl (C=O) groups excluding carboxylic acids is 6. The van der Waals surface area contributed by atoms with Crippen molar-refractivity contribution in [3.63, 3.8) is 0 Å². The number of carbonyl (C=O) groups is 9. The van der Waals surface area contributed by atoms with E-state index in [1.807, 2.05) is 0 Å². The number of nitrogens with one attached hydrogen (secondary N) is 6. The third kappa shape index (κ3) is 17.7. The van der Waals surface area contributed by atoms with E-state index in [4.69, 9.17) is 15.9 Å². The molecule has 0 saturated heterocycles. The summed E-state index contributed by atoms with van der Waals surface area (Å²) in [6, 6.07) is 3.69. The van der Waals surface area contributed by atoms with Crippen molar-refractivity contribution in [2.45, 2.75) is 115 Å². The van der Waals surface area contributed by atoms with Crippen LogP contribution in [0.25, 0.3) is 0 Å². The van der Waals surface area contributed by atoms with Crippen LogP contribution in [0.1, 0.15) is 70.9 Å². The quantitative estimate of drug-likeness (QED) is 0.0508. The third-order valence-electron chi connectivity index (χ3n) is 10.3. The summed E-state index contributed by atoms with van der Waals surface area (Å²) in [5.41, 5.74) is 6.61. The summed E-state index contributed by atoms with van der Waals surface area (Å²) in [7, 11) is 0. The van der Waals surface area contributed by atoms with Crippen LogP contribution < -0.4 is 37.6 Å². The van der Waals surface area contributed by atoms with Gasteiger partial charge >= 0.3 is 17.9 Å². The van der Waals surface area contributed by atoms with Crippen molar-refractivity contribution in [3.8, 4) is 5.75 Å². The average Bonchev–Trinajstić information content (AvgIpc) is 3.24. The smallest absolute Gasteiger partial charge is 0.326 e. The lowest BCUT2D eigenvalue weighted by molar-refractivity contribution is -0.144. The van der Waals surface area contributed by atoms with Crippen molar-refractivity contribution in [1.29, 1.82) is 0 Å². The summed E-state index contributed by atoms with van der Waals surface area (Å²) in [6.45, 7) is 5.79. The number of aliphatic carboxylic acids is 3. The zero-order valence-corrected chi connectivity index (χ0v) is 35.5. The van der Waals surface area contributed by atoms with Gasteiger partial charge in [-0.25, -0.2) is 4.79 Å². The Hall–Kier alpha value is -6.61. The number of rotatable bonds is 27. The van der Waals surface area contributed by atoms with E-state index in [0.29, 0.717) is 24.0 Å². The lowest BCUT2D eigenvalue weighted by atomic mass is 9.94. The van der Waals surface area contributed by atoms with Gasteiger partial charge in [-0.2, -0.15) is 0 Å². The van der Waals surface area contributed by atoms with Gasteiger partial charge in [0.05, 0.1) is 19.1 Å². The van der Waals surface area contributed by atoms with Crippen LogP contribution in [-0.2, 0) is 56.0 Å². The lowest BCUT2D eigenvalue weighted by Crippen LogP contribution is -2.62. The predicted octanol–water partition coefficient (Wildman–Crippen LogP) is -1.08. The molecule has 0 aromatic heterocycles. The minimum atomic E-state index is -1.67. The normalized spacial score (nSPS) is 15.3. The maximum absolute atomic E-state index is 14.3. The van der Waals surface area contributed by atoms with Crippen LogP contribution >= 0.6 is 0 Å². The number of phenols is 1. The highest BCUT2D eigenvalue weighted by Gasteiger charge is 2.36. The number of aromatic hydroxyl groups is 1. The number of phenolic OH excluding ortho intramolecular Hbond substituents is 1. The second-order valence-electron chi connectivity index (χ2n) is 15.2. The standard InChI is InChI=1S/C42H59N7O14/c1-5-22(3)34(40(60)44-28(42(62)63)16-17-32(52)53)49-41(61)35(23(4)6-2)48-38(58)30(19-25-12-14-26(51)15-13-25)45-37(57)29(18-24-10-8-7-9-11-24)46-39(59)31(21-50)47-36(56)27(43)20-33(54)55/h7-15,22-23,27-31,34-35,50-51H,5-6,16-21,43H2,1-4H3,(H,44,60)(H,45,57)(H,46,59)(H,47,56)(H,48,58)(H,49,61)(H,52,53)(H,54,55)(H,62,63)/t22-,23-,27-,28-,29-,30-,31-,34-,35-/m0/s1. The molecule has 2 aromatic carbocycles. The molecule has 346 valence electrons. The summed E-state index contributed by atoms with van der Waals surface area (Å²) < 4.78 is 0. The Morgan fingerprint density at radius 3 is 1.44 bits per heavy atom. The van der Waals surface area contributed by atoms with Crippen LogP contribution in [0.2, 0.25) is 0 Å². The molecule has 0 aliphatic heterocycles. The lowest BCUT2D eigenvalue weighted by Gasteiger charge is -2.31. The summed E-state index contributed by atoms with van der Waals surface area (Å²) in [4.78, 5) is 116. The first-order valence-corrected chi connectivity index (χ1v) is 20.4. The van der Waals surface area contributed by atoms with Crippen molar-refractivity contribution in [3.05, 3.63) is 65.7 Å². The molecule has 13 N–H and O–H groups in total. The summed E-state index contributed by atoms with van der Waals surface area (Å²) in [5, 5.41) is 62.4. The first kappa shape index (κ1) is 52.5. The Morgan fingerprint density at radius 2 is 0.984 bits per heavy atom. The number of nitrogens with two attached hydrogens (primary N) is 1. The monoisotopic (exact) mass is 885 g/mol. The maximum atomic E-state index is 14.3. The molecular weight excluding hydrogens is 826 g/mol. The van der Waals surface area contributed by atoms with Crippen LogP contribution in [0.15, 0.2) is 54.6 Å². The van der Waals surface area contributed by atoms with Gasteiger partial charge in [-0.1, -0.05) is 83.0 Å². The molecular formula is C42H59N7O14. The van der Waals surface area contributed by atoms with Crippen LogP contribution in [0.4, 0.5) is 0 Å². The summed E-state index contributed by atoms with van der Waals surface area (Å²) >= 11 is 0. The fourth-order valence-electron chi connectivity index (χ4n) is 6.12. The Morgan fingerprint density at radius 1 is 0.556 bits per heavy atom. The van der Waals surface area contributed by atoms with Gasteiger partial charge in [-0.05, 0) is 41.5 Å². The number of aliphatic hydroxyl groups is 1. The SMILES string of the molecule is CC[C@H](C)[C@H](NC(=O)[C@H](Cc1ccc(O)cc1)NC(=O)[C@H](Cc1ccccc1)NC(=O)[C@H](CO)NC(=O)[C@@H](N)CC(=O)O)C(=O)N[C@H](C(=O)N[C@@H](CCC(=O)O)C(=O)O)[C@@H](C)CC. The van der Waals surface area contributed by atoms with Crippen molar-refractivity contribution in [1.82, 2.24) is 31.9 Å². The van der Waals surface area contributed by atoms with E-state index < -0.39 is 133 Å². The Kier molecular flexibility index (Phi) is 21.7. The molecule has 0 saturated carbocycles. The van der Waals surface area contributed by atoms with Crippen molar-refractivity contribution in [2.24, 2.45) is 17.6 Å². The van der Waals surface area contributed by atoms with E-state index in [0.717, 1.165) is 0 Å². The largest absolute Gasteiger partial charge is 0.508 e. The van der Waals surface area contributed by atoms with Crippen LogP contribution in [0.3, 0.4) is 0 Å². The topological polar surface area (TPSA) is 353 Å². The minimum absolute atomic E-state index is 0.0890. The van der Waals surface area contributed by atoms with Gasteiger partial charge in [0.1, 0.15) is 42.0 Å². The van der Waals surface area contributed by atoms with Crippen molar-refractivity contribution >= 4 is 53.4 Å². The predicted molar refractivity (Wildman–Crippen MR) is 224 cm³/mol. The highest BCUT2D eigenvalue weighted by atomic mass is 16.4. The molecule has 0 fully saturated rings. The van der Waals surface area contributed by atoms with Crippen LogP contribution in [-0.4, -0.2) is 128 Å². The highest BCUT2D eigenvalue weighted by molar-refractivity contribution is 5.97. The van der Waals surface area contributed by atoms with E-state index in [1.165, 1.54) is 24.3 Å².